The third kappa shape index (κ3) is 3.49. The van der Waals surface area contributed by atoms with Crippen LogP contribution in [0.5, 0.6) is 11.5 Å². The summed E-state index contributed by atoms with van der Waals surface area (Å²) in [4.78, 5) is 11.1. The lowest BCUT2D eigenvalue weighted by Gasteiger charge is -2.28. The molecule has 3 aromatic heterocycles. The molecule has 0 saturated heterocycles. The highest BCUT2D eigenvalue weighted by molar-refractivity contribution is 7.21. The van der Waals surface area contributed by atoms with Crippen molar-refractivity contribution in [1.82, 2.24) is 29.6 Å². The minimum atomic E-state index is 0.463. The van der Waals surface area contributed by atoms with Crippen molar-refractivity contribution >= 4 is 33.2 Å². The second-order valence-electron chi connectivity index (χ2n) is 6.97. The van der Waals surface area contributed by atoms with Gasteiger partial charge in [-0.05, 0) is 12.1 Å². The molecule has 0 amide bonds. The summed E-state index contributed by atoms with van der Waals surface area (Å²) >= 11 is 7.56. The maximum absolute atomic E-state index is 6.00. The van der Waals surface area contributed by atoms with Crippen molar-refractivity contribution in [1.29, 1.82) is 0 Å². The first-order valence-electron chi connectivity index (χ1n) is 9.42. The number of methoxy groups -OCH3 is 2. The Labute approximate surface area is 182 Å². The SMILES string of the molecule is COc1ccc(CN2CCn3c(nnc3-c3nc4cnc(Cl)cc4s3)C2)c(OC)c1. The van der Waals surface area contributed by atoms with Crippen LogP contribution in [0.25, 0.3) is 21.0 Å². The van der Waals surface area contributed by atoms with Crippen LogP contribution in [0.4, 0.5) is 0 Å². The topological polar surface area (TPSA) is 78.2 Å². The molecule has 1 aliphatic heterocycles. The summed E-state index contributed by atoms with van der Waals surface area (Å²) in [5, 5.41) is 10.1. The van der Waals surface area contributed by atoms with Crippen LogP contribution in [0.1, 0.15) is 11.4 Å². The summed E-state index contributed by atoms with van der Waals surface area (Å²) in [5.74, 6) is 3.33. The number of halogens is 1. The lowest BCUT2D eigenvalue weighted by molar-refractivity contribution is 0.207. The van der Waals surface area contributed by atoms with E-state index >= 15 is 0 Å². The molecule has 0 N–H and O–H groups in total. The van der Waals surface area contributed by atoms with E-state index in [1.807, 2.05) is 24.3 Å². The van der Waals surface area contributed by atoms with Gasteiger partial charge in [-0.2, -0.15) is 0 Å². The van der Waals surface area contributed by atoms with E-state index < -0.39 is 0 Å². The highest BCUT2D eigenvalue weighted by Crippen LogP contribution is 2.32. The van der Waals surface area contributed by atoms with Crippen LogP contribution >= 0.6 is 22.9 Å². The van der Waals surface area contributed by atoms with Gasteiger partial charge in [0.25, 0.3) is 0 Å². The molecule has 0 bridgehead atoms. The molecule has 4 aromatic rings. The Balaban J connectivity index is 1.38. The van der Waals surface area contributed by atoms with Gasteiger partial charge in [-0.3, -0.25) is 4.90 Å². The molecule has 1 aliphatic rings. The average Bonchev–Trinajstić information content (AvgIpc) is 3.37. The Morgan fingerprint density at radius 2 is 2.03 bits per heavy atom. The molecule has 0 spiro atoms. The van der Waals surface area contributed by atoms with Gasteiger partial charge in [0.05, 0.1) is 31.7 Å². The number of benzene rings is 1. The Bertz CT molecular complexity index is 1220. The molecule has 5 rings (SSSR count). The molecule has 0 radical (unpaired) electrons. The Morgan fingerprint density at radius 3 is 2.87 bits per heavy atom. The molecule has 154 valence electrons. The van der Waals surface area contributed by atoms with E-state index in [4.69, 9.17) is 21.1 Å². The molecular weight excluding hydrogens is 424 g/mol. The molecule has 30 heavy (non-hydrogen) atoms. The standard InChI is InChI=1S/C20H19ClN6O2S/c1-28-13-4-3-12(15(7-13)29-2)10-26-5-6-27-18(11-26)24-25-19(27)20-23-14-9-22-17(21)8-16(14)30-20/h3-4,7-9H,5-6,10-11H2,1-2H3. The summed E-state index contributed by atoms with van der Waals surface area (Å²) in [6.45, 7) is 3.15. The lowest BCUT2D eigenvalue weighted by atomic mass is 10.1. The van der Waals surface area contributed by atoms with E-state index in [9.17, 15) is 0 Å². The maximum Gasteiger partial charge on any atom is 0.193 e. The Kier molecular flexibility index (Phi) is 5.01. The fraction of sp³-hybridized carbons (Fsp3) is 0.300. The number of pyridine rings is 1. The summed E-state index contributed by atoms with van der Waals surface area (Å²) in [5.41, 5.74) is 1.93. The minimum absolute atomic E-state index is 0.463. The molecular formula is C20H19ClN6O2S. The molecule has 0 atom stereocenters. The van der Waals surface area contributed by atoms with Crippen molar-refractivity contribution in [3.05, 3.63) is 47.0 Å². The van der Waals surface area contributed by atoms with Crippen LogP contribution in [0.2, 0.25) is 5.15 Å². The highest BCUT2D eigenvalue weighted by Gasteiger charge is 2.24. The minimum Gasteiger partial charge on any atom is -0.497 e. The normalized spacial score (nSPS) is 14.1. The number of aromatic nitrogens is 5. The fourth-order valence-corrected chi connectivity index (χ4v) is 4.82. The van der Waals surface area contributed by atoms with Crippen molar-refractivity contribution in [2.45, 2.75) is 19.6 Å². The van der Waals surface area contributed by atoms with Gasteiger partial charge in [-0.15, -0.1) is 21.5 Å². The first kappa shape index (κ1) is 19.2. The largest absolute Gasteiger partial charge is 0.497 e. The Morgan fingerprint density at radius 1 is 1.13 bits per heavy atom. The molecule has 4 heterocycles. The van der Waals surface area contributed by atoms with E-state index in [2.05, 4.69) is 29.6 Å². The van der Waals surface area contributed by atoms with Gasteiger partial charge < -0.3 is 14.0 Å². The molecule has 1 aromatic carbocycles. The van der Waals surface area contributed by atoms with Crippen LogP contribution in [-0.4, -0.2) is 50.4 Å². The van der Waals surface area contributed by atoms with Crippen LogP contribution in [0.3, 0.4) is 0 Å². The zero-order valence-electron chi connectivity index (χ0n) is 16.5. The molecule has 10 heteroatoms. The van der Waals surface area contributed by atoms with Crippen molar-refractivity contribution < 1.29 is 9.47 Å². The van der Waals surface area contributed by atoms with Crippen LogP contribution in [0.15, 0.2) is 30.5 Å². The van der Waals surface area contributed by atoms with E-state index in [1.165, 1.54) is 0 Å². The number of rotatable bonds is 5. The number of thiazole rings is 1. The van der Waals surface area contributed by atoms with Crippen molar-refractivity contribution in [2.24, 2.45) is 0 Å². The maximum atomic E-state index is 6.00. The van der Waals surface area contributed by atoms with Gasteiger partial charge in [-0.1, -0.05) is 17.7 Å². The smallest absolute Gasteiger partial charge is 0.193 e. The van der Waals surface area contributed by atoms with Gasteiger partial charge >= 0.3 is 0 Å². The average molecular weight is 443 g/mol. The monoisotopic (exact) mass is 442 g/mol. The summed E-state index contributed by atoms with van der Waals surface area (Å²) in [6.07, 6.45) is 1.69. The van der Waals surface area contributed by atoms with Gasteiger partial charge in [-0.25, -0.2) is 9.97 Å². The third-order valence-corrected chi connectivity index (χ3v) is 6.37. The zero-order valence-corrected chi connectivity index (χ0v) is 18.1. The fourth-order valence-electron chi connectivity index (χ4n) is 3.63. The summed E-state index contributed by atoms with van der Waals surface area (Å²) in [7, 11) is 3.33. The number of ether oxygens (including phenoxy) is 2. The predicted octanol–water partition coefficient (Wildman–Crippen LogP) is 3.64. The second-order valence-corrected chi connectivity index (χ2v) is 8.39. The zero-order chi connectivity index (χ0) is 20.7. The van der Waals surface area contributed by atoms with E-state index in [-0.39, 0.29) is 0 Å². The van der Waals surface area contributed by atoms with Gasteiger partial charge in [0, 0.05) is 31.3 Å². The summed E-state index contributed by atoms with van der Waals surface area (Å²) in [6, 6.07) is 7.74. The van der Waals surface area contributed by atoms with Crippen molar-refractivity contribution in [3.8, 4) is 22.3 Å². The first-order valence-corrected chi connectivity index (χ1v) is 10.6. The van der Waals surface area contributed by atoms with Crippen molar-refractivity contribution in [3.63, 3.8) is 0 Å². The van der Waals surface area contributed by atoms with E-state index in [1.54, 1.807) is 31.8 Å². The molecule has 8 nitrogen and oxygen atoms in total. The first-order chi connectivity index (χ1) is 14.6. The number of nitrogens with zero attached hydrogens (tertiary/aromatic N) is 6. The molecule has 0 saturated carbocycles. The van der Waals surface area contributed by atoms with Gasteiger partial charge in [0.2, 0.25) is 0 Å². The van der Waals surface area contributed by atoms with Crippen LogP contribution in [0, 0.1) is 0 Å². The Hall–Kier alpha value is -2.75. The number of fused-ring (bicyclic) bond motifs is 2. The quantitative estimate of drug-likeness (QED) is 0.436. The van der Waals surface area contributed by atoms with Crippen molar-refractivity contribution in [2.75, 3.05) is 20.8 Å². The number of hydrogen-bond acceptors (Lipinski definition) is 8. The van der Waals surface area contributed by atoms with E-state index in [0.717, 1.165) is 63.6 Å². The van der Waals surface area contributed by atoms with Crippen LogP contribution in [-0.2, 0) is 19.6 Å². The highest BCUT2D eigenvalue weighted by atomic mass is 35.5. The second kappa shape index (κ2) is 7.82. The molecule has 0 fully saturated rings. The van der Waals surface area contributed by atoms with Gasteiger partial charge in [0.1, 0.15) is 28.0 Å². The predicted molar refractivity (Wildman–Crippen MR) is 115 cm³/mol. The molecule has 0 aliphatic carbocycles. The lowest BCUT2D eigenvalue weighted by Crippen LogP contribution is -2.33. The van der Waals surface area contributed by atoms with E-state index in [0.29, 0.717) is 11.7 Å². The number of hydrogen-bond donors (Lipinski definition) is 0. The van der Waals surface area contributed by atoms with Gasteiger partial charge in [0.15, 0.2) is 10.8 Å². The third-order valence-electron chi connectivity index (χ3n) is 5.15. The molecule has 0 unspecified atom stereocenters. The summed E-state index contributed by atoms with van der Waals surface area (Å²) < 4.78 is 14.0. The van der Waals surface area contributed by atoms with Crippen LogP contribution < -0.4 is 9.47 Å².